The Morgan fingerprint density at radius 3 is 2.46 bits per heavy atom. The number of rotatable bonds is 2. The summed E-state index contributed by atoms with van der Waals surface area (Å²) in [6.07, 6.45) is 0. The maximum Gasteiger partial charge on any atom is 0.139 e. The zero-order chi connectivity index (χ0) is 18.3. The van der Waals surface area contributed by atoms with Crippen LogP contribution in [0, 0.1) is 13.8 Å². The van der Waals surface area contributed by atoms with Gasteiger partial charge in [-0.05, 0) is 49.6 Å². The minimum absolute atomic E-state index is 0.241. The van der Waals surface area contributed by atoms with Gasteiger partial charge in [0.25, 0.3) is 0 Å². The van der Waals surface area contributed by atoms with Gasteiger partial charge in [0.2, 0.25) is 0 Å². The molecule has 0 amide bonds. The number of hydrogen-bond acceptors (Lipinski definition) is 3. The van der Waals surface area contributed by atoms with Gasteiger partial charge in [0, 0.05) is 35.2 Å². The Morgan fingerprint density at radius 1 is 0.962 bits per heavy atom. The largest absolute Gasteiger partial charge is 0.508 e. The van der Waals surface area contributed by atoms with Crippen LogP contribution in [0.25, 0.3) is 33.4 Å². The summed E-state index contributed by atoms with van der Waals surface area (Å²) < 4.78 is 6.17. The fraction of sp³-hybridized carbons (Fsp3) is 0.174. The van der Waals surface area contributed by atoms with E-state index in [1.54, 1.807) is 6.07 Å². The van der Waals surface area contributed by atoms with Crippen LogP contribution in [-0.4, -0.2) is 11.7 Å². The van der Waals surface area contributed by atoms with Gasteiger partial charge < -0.3 is 9.52 Å². The summed E-state index contributed by atoms with van der Waals surface area (Å²) in [6.45, 7) is 6.74. The summed E-state index contributed by atoms with van der Waals surface area (Å²) in [7, 11) is 0. The fourth-order valence-corrected chi connectivity index (χ4v) is 3.43. The second-order valence-electron chi connectivity index (χ2n) is 6.59. The molecule has 0 saturated carbocycles. The van der Waals surface area contributed by atoms with Crippen LogP contribution in [0.2, 0.25) is 0 Å². The summed E-state index contributed by atoms with van der Waals surface area (Å²) in [5.74, 6) is 1.02. The molecule has 0 radical (unpaired) electrons. The van der Waals surface area contributed by atoms with Gasteiger partial charge in [-0.25, -0.2) is 0 Å². The summed E-state index contributed by atoms with van der Waals surface area (Å²) in [6, 6.07) is 18.2. The molecule has 0 saturated heterocycles. The maximum atomic E-state index is 10.2. The number of aryl methyl sites for hydroxylation is 2. The first-order valence-corrected chi connectivity index (χ1v) is 8.85. The molecule has 130 valence electrons. The van der Waals surface area contributed by atoms with Gasteiger partial charge in [0.15, 0.2) is 0 Å². The molecule has 2 aromatic carbocycles. The van der Waals surface area contributed by atoms with Crippen molar-refractivity contribution in [1.82, 2.24) is 0 Å². The van der Waals surface area contributed by atoms with E-state index >= 15 is 0 Å². The highest BCUT2D eigenvalue weighted by molar-refractivity contribution is 6.02. The molecular weight excluding hydrogens is 322 g/mol. The van der Waals surface area contributed by atoms with Crippen molar-refractivity contribution in [2.24, 2.45) is 4.99 Å². The lowest BCUT2D eigenvalue weighted by Gasteiger charge is -2.17. The Kier molecular flexibility index (Phi) is 4.00. The molecule has 2 aliphatic rings. The lowest BCUT2D eigenvalue weighted by atomic mass is 9.92. The van der Waals surface area contributed by atoms with E-state index in [-0.39, 0.29) is 5.75 Å². The maximum absolute atomic E-state index is 10.2. The van der Waals surface area contributed by atoms with Gasteiger partial charge in [0.05, 0.1) is 5.36 Å². The topological polar surface area (TPSA) is 45.7 Å². The van der Waals surface area contributed by atoms with Gasteiger partial charge in [-0.1, -0.05) is 30.3 Å². The zero-order valence-corrected chi connectivity index (χ0v) is 15.2. The monoisotopic (exact) mass is 343 g/mol. The van der Waals surface area contributed by atoms with Crippen molar-refractivity contribution in [3.63, 3.8) is 0 Å². The number of phenolic OH excluding ortho intramolecular Hbond substituents is 1. The quantitative estimate of drug-likeness (QED) is 0.492. The third-order valence-electron chi connectivity index (χ3n) is 4.75. The molecular formula is C23H21NO2. The molecule has 0 spiro atoms. The first-order chi connectivity index (χ1) is 12.6. The van der Waals surface area contributed by atoms with Crippen molar-refractivity contribution in [3.8, 4) is 28.2 Å². The number of fused-ring (bicyclic) bond motifs is 2. The van der Waals surface area contributed by atoms with Crippen LogP contribution >= 0.6 is 0 Å². The molecule has 26 heavy (non-hydrogen) atoms. The molecule has 0 aromatic heterocycles. The van der Waals surface area contributed by atoms with Crippen LogP contribution in [0.3, 0.4) is 0 Å². The molecule has 0 bridgehead atoms. The van der Waals surface area contributed by atoms with Crippen molar-refractivity contribution in [2.75, 3.05) is 6.54 Å². The molecule has 0 unspecified atom stereocenters. The Hall–Kier alpha value is -3.07. The Morgan fingerprint density at radius 2 is 1.73 bits per heavy atom. The van der Waals surface area contributed by atoms with Crippen LogP contribution in [0.5, 0.6) is 5.75 Å². The molecule has 1 N–H and O–H groups in total. The molecule has 3 heteroatoms. The summed E-state index contributed by atoms with van der Waals surface area (Å²) in [5.41, 5.74) is 5.94. The lowest BCUT2D eigenvalue weighted by Crippen LogP contribution is -2.08. The van der Waals surface area contributed by atoms with E-state index in [0.29, 0.717) is 5.58 Å². The number of phenols is 1. The molecule has 1 aliphatic heterocycles. The minimum atomic E-state index is 0.241. The molecule has 1 heterocycles. The van der Waals surface area contributed by atoms with Crippen LogP contribution in [-0.2, 0) is 0 Å². The van der Waals surface area contributed by atoms with Crippen LogP contribution in [0.1, 0.15) is 18.1 Å². The van der Waals surface area contributed by atoms with Crippen molar-refractivity contribution >= 4 is 11.0 Å². The predicted octanol–water partition coefficient (Wildman–Crippen LogP) is 5.45. The lowest BCUT2D eigenvalue weighted by molar-refractivity contribution is 0.470. The SMILES string of the molecule is CC/N=c1\cc2oc3cc(O)c(C)cc3c(-c3ccccc3)c-2cc1C. The molecule has 0 atom stereocenters. The van der Waals surface area contributed by atoms with E-state index in [4.69, 9.17) is 4.42 Å². The van der Waals surface area contributed by atoms with Crippen molar-refractivity contribution in [3.05, 3.63) is 71.1 Å². The smallest absolute Gasteiger partial charge is 0.139 e. The molecule has 3 nitrogen and oxygen atoms in total. The van der Waals surface area contributed by atoms with Crippen LogP contribution < -0.4 is 5.36 Å². The third-order valence-corrected chi connectivity index (χ3v) is 4.75. The van der Waals surface area contributed by atoms with E-state index in [0.717, 1.165) is 50.9 Å². The Balaban J connectivity index is 2.21. The van der Waals surface area contributed by atoms with Gasteiger partial charge in [-0.15, -0.1) is 0 Å². The first kappa shape index (κ1) is 16.4. The number of aromatic hydroxyl groups is 1. The van der Waals surface area contributed by atoms with E-state index in [2.05, 4.69) is 30.1 Å². The average Bonchev–Trinajstić information content (AvgIpc) is 2.63. The standard InChI is InChI=1S/C23H21NO2/c1-4-24-19-12-21-17(10-14(19)2)23(16-8-6-5-7-9-16)18-11-15(3)20(25)13-22(18)26-21/h5-13,25H,4H2,1-3H3/b24-19+. The highest BCUT2D eigenvalue weighted by Gasteiger charge is 2.18. The zero-order valence-electron chi connectivity index (χ0n) is 15.2. The van der Waals surface area contributed by atoms with Gasteiger partial charge in [0.1, 0.15) is 17.1 Å². The van der Waals surface area contributed by atoms with Gasteiger partial charge >= 0.3 is 0 Å². The third kappa shape index (κ3) is 2.66. The van der Waals surface area contributed by atoms with Crippen LogP contribution in [0.4, 0.5) is 0 Å². The molecule has 2 aromatic rings. The van der Waals surface area contributed by atoms with E-state index in [9.17, 15) is 5.11 Å². The highest BCUT2D eigenvalue weighted by atomic mass is 16.3. The summed E-state index contributed by atoms with van der Waals surface area (Å²) in [5, 5.41) is 12.1. The predicted molar refractivity (Wildman–Crippen MR) is 106 cm³/mol. The Labute approximate surface area is 152 Å². The average molecular weight is 343 g/mol. The second-order valence-corrected chi connectivity index (χ2v) is 6.59. The van der Waals surface area contributed by atoms with E-state index < -0.39 is 0 Å². The Bertz CT molecular complexity index is 1140. The van der Waals surface area contributed by atoms with Gasteiger partial charge in [-0.2, -0.15) is 0 Å². The van der Waals surface area contributed by atoms with E-state index in [1.165, 1.54) is 0 Å². The molecule has 1 aliphatic carbocycles. The van der Waals surface area contributed by atoms with Crippen molar-refractivity contribution in [2.45, 2.75) is 20.8 Å². The van der Waals surface area contributed by atoms with E-state index in [1.807, 2.05) is 44.2 Å². The van der Waals surface area contributed by atoms with Crippen molar-refractivity contribution in [1.29, 1.82) is 0 Å². The summed E-state index contributed by atoms with van der Waals surface area (Å²) >= 11 is 0. The molecule has 0 fully saturated rings. The number of nitrogens with zero attached hydrogens (tertiary/aromatic N) is 1. The molecule has 4 rings (SSSR count). The number of hydrogen-bond donors (Lipinski definition) is 1. The first-order valence-electron chi connectivity index (χ1n) is 8.85. The number of benzene rings is 3. The highest BCUT2D eigenvalue weighted by Crippen LogP contribution is 2.41. The van der Waals surface area contributed by atoms with Gasteiger partial charge in [-0.3, -0.25) is 4.99 Å². The fourth-order valence-electron chi connectivity index (χ4n) is 3.43. The van der Waals surface area contributed by atoms with Crippen molar-refractivity contribution < 1.29 is 9.52 Å². The summed E-state index contributed by atoms with van der Waals surface area (Å²) in [4.78, 5) is 4.56. The normalized spacial score (nSPS) is 12.2. The minimum Gasteiger partial charge on any atom is -0.508 e. The second kappa shape index (κ2) is 6.34. The van der Waals surface area contributed by atoms with Crippen LogP contribution in [0.15, 0.2) is 64.0 Å².